The quantitative estimate of drug-likeness (QED) is 0.646. The molecule has 0 heterocycles. The molecule has 0 N–H and O–H groups in total. The van der Waals surface area contributed by atoms with E-state index in [9.17, 15) is 0 Å². The van der Waals surface area contributed by atoms with Crippen LogP contribution in [-0.4, -0.2) is 0 Å². The Balaban J connectivity index is 2.82. The van der Waals surface area contributed by atoms with Crippen LogP contribution in [0.15, 0.2) is 40.9 Å². The van der Waals surface area contributed by atoms with Crippen LogP contribution < -0.4 is 0 Å². The highest BCUT2D eigenvalue weighted by molar-refractivity contribution is 9.10. The standard InChI is InChI=1S/C12H10Br2/c1-8(13)9-6-7-12(14)11-5-3-2-4-10(9)11/h2-8H,1H3. The normalized spacial score (nSPS) is 13.1. The fourth-order valence-electron chi connectivity index (χ4n) is 1.63. The van der Waals surface area contributed by atoms with E-state index in [1.165, 1.54) is 16.3 Å². The monoisotopic (exact) mass is 312 g/mol. The average molecular weight is 314 g/mol. The zero-order valence-corrected chi connectivity index (χ0v) is 11.0. The van der Waals surface area contributed by atoms with Crippen LogP contribution in [0, 0.1) is 0 Å². The fourth-order valence-corrected chi connectivity index (χ4v) is 2.51. The number of benzene rings is 2. The van der Waals surface area contributed by atoms with Crippen molar-refractivity contribution in [2.75, 3.05) is 0 Å². The average Bonchev–Trinajstić information content (AvgIpc) is 2.18. The van der Waals surface area contributed by atoms with Crippen LogP contribution in [-0.2, 0) is 0 Å². The van der Waals surface area contributed by atoms with Gasteiger partial charge in [0.15, 0.2) is 0 Å². The van der Waals surface area contributed by atoms with E-state index < -0.39 is 0 Å². The van der Waals surface area contributed by atoms with Crippen molar-refractivity contribution in [3.05, 3.63) is 46.4 Å². The molecule has 2 aromatic rings. The van der Waals surface area contributed by atoms with E-state index in [1.807, 2.05) is 0 Å². The number of hydrogen-bond donors (Lipinski definition) is 0. The van der Waals surface area contributed by atoms with E-state index in [2.05, 4.69) is 75.2 Å². The summed E-state index contributed by atoms with van der Waals surface area (Å²) in [6.07, 6.45) is 0. The van der Waals surface area contributed by atoms with Crippen molar-refractivity contribution < 1.29 is 0 Å². The molecule has 0 aliphatic rings. The van der Waals surface area contributed by atoms with Crippen molar-refractivity contribution in [3.8, 4) is 0 Å². The van der Waals surface area contributed by atoms with Gasteiger partial charge in [-0.2, -0.15) is 0 Å². The van der Waals surface area contributed by atoms with E-state index >= 15 is 0 Å². The Morgan fingerprint density at radius 1 is 1.00 bits per heavy atom. The molecule has 14 heavy (non-hydrogen) atoms. The summed E-state index contributed by atoms with van der Waals surface area (Å²) < 4.78 is 1.16. The molecule has 0 bridgehead atoms. The molecule has 0 radical (unpaired) electrons. The first-order valence-corrected chi connectivity index (χ1v) is 6.22. The molecule has 2 rings (SSSR count). The van der Waals surface area contributed by atoms with Crippen molar-refractivity contribution in [2.24, 2.45) is 0 Å². The Kier molecular flexibility index (Phi) is 2.93. The van der Waals surface area contributed by atoms with Gasteiger partial charge in [-0.15, -0.1) is 0 Å². The Morgan fingerprint density at radius 3 is 2.29 bits per heavy atom. The maximum atomic E-state index is 3.61. The van der Waals surface area contributed by atoms with E-state index in [0.29, 0.717) is 4.83 Å². The van der Waals surface area contributed by atoms with Crippen molar-refractivity contribution in [1.29, 1.82) is 0 Å². The SMILES string of the molecule is CC(Br)c1ccc(Br)c2ccccc12. The summed E-state index contributed by atoms with van der Waals surface area (Å²) in [7, 11) is 0. The second-order valence-corrected chi connectivity index (χ2v) is 5.53. The first kappa shape index (κ1) is 10.2. The Hall–Kier alpha value is -0.340. The molecule has 0 nitrogen and oxygen atoms in total. The molecular weight excluding hydrogens is 304 g/mol. The number of hydrogen-bond acceptors (Lipinski definition) is 0. The molecular formula is C12H10Br2. The van der Waals surface area contributed by atoms with E-state index in [4.69, 9.17) is 0 Å². The fraction of sp³-hybridized carbons (Fsp3) is 0.167. The highest BCUT2D eigenvalue weighted by Crippen LogP contribution is 2.33. The molecule has 0 fully saturated rings. The van der Waals surface area contributed by atoms with Gasteiger partial charge >= 0.3 is 0 Å². The van der Waals surface area contributed by atoms with Crippen LogP contribution >= 0.6 is 31.9 Å². The third kappa shape index (κ3) is 1.73. The summed E-state index contributed by atoms with van der Waals surface area (Å²) in [5, 5.41) is 2.59. The van der Waals surface area contributed by atoms with Gasteiger partial charge < -0.3 is 0 Å². The molecule has 1 unspecified atom stereocenters. The third-order valence-electron chi connectivity index (χ3n) is 2.33. The van der Waals surface area contributed by atoms with Crippen LogP contribution in [0.3, 0.4) is 0 Å². The van der Waals surface area contributed by atoms with Gasteiger partial charge in [-0.3, -0.25) is 0 Å². The first-order chi connectivity index (χ1) is 6.70. The van der Waals surface area contributed by atoms with Crippen LogP contribution in [0.2, 0.25) is 0 Å². The minimum Gasteiger partial charge on any atom is -0.0842 e. The minimum atomic E-state index is 0.389. The van der Waals surface area contributed by atoms with Crippen LogP contribution in [0.4, 0.5) is 0 Å². The highest BCUT2D eigenvalue weighted by atomic mass is 79.9. The highest BCUT2D eigenvalue weighted by Gasteiger charge is 2.07. The summed E-state index contributed by atoms with van der Waals surface area (Å²) >= 11 is 7.18. The summed E-state index contributed by atoms with van der Waals surface area (Å²) in [5.41, 5.74) is 1.34. The van der Waals surface area contributed by atoms with Crippen LogP contribution in [0.25, 0.3) is 10.8 Å². The minimum absolute atomic E-state index is 0.389. The van der Waals surface area contributed by atoms with Crippen LogP contribution in [0.5, 0.6) is 0 Å². The van der Waals surface area contributed by atoms with Gasteiger partial charge in [-0.05, 0) is 29.3 Å². The Bertz CT molecular complexity index is 461. The second kappa shape index (κ2) is 4.03. The van der Waals surface area contributed by atoms with Crippen molar-refractivity contribution in [2.45, 2.75) is 11.8 Å². The number of fused-ring (bicyclic) bond motifs is 1. The molecule has 0 aromatic heterocycles. The summed E-state index contributed by atoms with van der Waals surface area (Å²) in [6, 6.07) is 12.7. The molecule has 2 aromatic carbocycles. The molecule has 0 amide bonds. The molecule has 0 saturated carbocycles. The lowest BCUT2D eigenvalue weighted by atomic mass is 10.0. The van der Waals surface area contributed by atoms with Crippen LogP contribution in [0.1, 0.15) is 17.3 Å². The van der Waals surface area contributed by atoms with E-state index in [0.717, 1.165) is 4.47 Å². The number of rotatable bonds is 1. The molecule has 0 saturated heterocycles. The van der Waals surface area contributed by atoms with Gasteiger partial charge in [0.05, 0.1) is 0 Å². The third-order valence-corrected chi connectivity index (χ3v) is 3.52. The van der Waals surface area contributed by atoms with E-state index in [1.54, 1.807) is 0 Å². The van der Waals surface area contributed by atoms with E-state index in [-0.39, 0.29) is 0 Å². The number of halogens is 2. The summed E-state index contributed by atoms with van der Waals surface area (Å²) in [4.78, 5) is 0.389. The maximum absolute atomic E-state index is 3.61. The molecule has 0 aliphatic carbocycles. The van der Waals surface area contributed by atoms with Gasteiger partial charge in [-0.1, -0.05) is 62.2 Å². The van der Waals surface area contributed by atoms with Gasteiger partial charge in [0.2, 0.25) is 0 Å². The molecule has 72 valence electrons. The van der Waals surface area contributed by atoms with Crippen molar-refractivity contribution in [3.63, 3.8) is 0 Å². The van der Waals surface area contributed by atoms with Crippen molar-refractivity contribution >= 4 is 42.6 Å². The first-order valence-electron chi connectivity index (χ1n) is 4.51. The lowest BCUT2D eigenvalue weighted by Gasteiger charge is -2.09. The predicted octanol–water partition coefficient (Wildman–Crippen LogP) is 5.06. The molecule has 0 aliphatic heterocycles. The largest absolute Gasteiger partial charge is 0.0842 e. The van der Waals surface area contributed by atoms with Gasteiger partial charge in [-0.25, -0.2) is 0 Å². The van der Waals surface area contributed by atoms with Gasteiger partial charge in [0, 0.05) is 9.30 Å². The molecule has 2 heteroatoms. The summed E-state index contributed by atoms with van der Waals surface area (Å²) in [5.74, 6) is 0. The zero-order valence-electron chi connectivity index (χ0n) is 7.80. The number of alkyl halides is 1. The smallest absolute Gasteiger partial charge is 0.0373 e. The lowest BCUT2D eigenvalue weighted by molar-refractivity contribution is 1.14. The predicted molar refractivity (Wildman–Crippen MR) is 69.0 cm³/mol. The van der Waals surface area contributed by atoms with Crippen molar-refractivity contribution in [1.82, 2.24) is 0 Å². The molecule has 1 atom stereocenters. The molecule has 0 spiro atoms. The second-order valence-electron chi connectivity index (χ2n) is 3.30. The Labute approximate surface area is 101 Å². The Morgan fingerprint density at radius 2 is 1.64 bits per heavy atom. The summed E-state index contributed by atoms with van der Waals surface area (Å²) in [6.45, 7) is 2.15. The lowest BCUT2D eigenvalue weighted by Crippen LogP contribution is -1.86. The maximum Gasteiger partial charge on any atom is 0.0373 e. The topological polar surface area (TPSA) is 0 Å². The van der Waals surface area contributed by atoms with Gasteiger partial charge in [0.1, 0.15) is 0 Å². The van der Waals surface area contributed by atoms with Gasteiger partial charge in [0.25, 0.3) is 0 Å². The zero-order chi connectivity index (χ0) is 10.1.